The summed E-state index contributed by atoms with van der Waals surface area (Å²) in [5.41, 5.74) is 0. The van der Waals surface area contributed by atoms with E-state index in [-0.39, 0.29) is 0 Å². The molecule has 3 heteroatoms. The second-order valence-corrected chi connectivity index (χ2v) is 5.01. The molecule has 82 valence electrons. The number of hydrogen-bond acceptors (Lipinski definition) is 2. The number of thiophene rings is 1. The average molecular weight is 230 g/mol. The summed E-state index contributed by atoms with van der Waals surface area (Å²) in [6.45, 7) is 0. The number of aromatic nitrogens is 2. The topological polar surface area (TPSA) is 17.8 Å². The van der Waals surface area contributed by atoms with Crippen molar-refractivity contribution in [2.24, 2.45) is 0 Å². The van der Waals surface area contributed by atoms with E-state index in [2.05, 4.69) is 45.4 Å². The molecule has 0 radical (unpaired) electrons. The summed E-state index contributed by atoms with van der Waals surface area (Å²) in [7, 11) is 0. The zero-order valence-electron chi connectivity index (χ0n) is 9.04. The summed E-state index contributed by atoms with van der Waals surface area (Å²) in [6, 6.07) is 4.71. The van der Waals surface area contributed by atoms with Crippen molar-refractivity contribution in [3.05, 3.63) is 42.1 Å². The van der Waals surface area contributed by atoms with Gasteiger partial charge in [0.1, 0.15) is 0 Å². The quantitative estimate of drug-likeness (QED) is 0.716. The fraction of sp³-hybridized carbons (Fsp3) is 0.308. The number of hydrogen-bond donors (Lipinski definition) is 0. The summed E-state index contributed by atoms with van der Waals surface area (Å²) in [6.07, 6.45) is 12.3. The van der Waals surface area contributed by atoms with Crippen molar-refractivity contribution in [2.45, 2.75) is 25.3 Å². The van der Waals surface area contributed by atoms with E-state index < -0.39 is 0 Å². The third-order valence-corrected chi connectivity index (χ3v) is 3.86. The first-order chi connectivity index (χ1) is 7.95. The van der Waals surface area contributed by atoms with E-state index in [1.807, 2.05) is 6.20 Å². The fourth-order valence-electron chi connectivity index (χ4n) is 2.20. The van der Waals surface area contributed by atoms with Crippen molar-refractivity contribution in [3.8, 4) is 10.7 Å². The van der Waals surface area contributed by atoms with Crippen LogP contribution in [0.2, 0.25) is 0 Å². The molecule has 3 rings (SSSR count). The second kappa shape index (κ2) is 4.26. The van der Waals surface area contributed by atoms with E-state index in [9.17, 15) is 0 Å². The van der Waals surface area contributed by atoms with Gasteiger partial charge in [0.05, 0.1) is 10.9 Å². The average Bonchev–Trinajstić information content (AvgIpc) is 3.01. The van der Waals surface area contributed by atoms with Crippen LogP contribution >= 0.6 is 11.3 Å². The SMILES string of the molecule is C1=CC(n2ccnc2-c2cccs2)CCC1. The predicted octanol–water partition coefficient (Wildman–Crippen LogP) is 3.89. The van der Waals surface area contributed by atoms with Crippen LogP contribution in [0.25, 0.3) is 10.7 Å². The standard InChI is InChI=1S/C13H14N2S/c1-2-5-11(6-3-1)15-9-8-14-13(15)12-7-4-10-16-12/h2,4-5,7-11H,1,3,6H2. The van der Waals surface area contributed by atoms with Gasteiger partial charge < -0.3 is 4.57 Å². The molecule has 0 saturated heterocycles. The summed E-state index contributed by atoms with van der Waals surface area (Å²) in [4.78, 5) is 5.73. The Morgan fingerprint density at radius 3 is 3.19 bits per heavy atom. The first-order valence-corrected chi connectivity index (χ1v) is 6.56. The lowest BCUT2D eigenvalue weighted by atomic mass is 10.0. The van der Waals surface area contributed by atoms with Crippen molar-refractivity contribution < 1.29 is 0 Å². The first-order valence-electron chi connectivity index (χ1n) is 5.68. The van der Waals surface area contributed by atoms with Gasteiger partial charge >= 0.3 is 0 Å². The maximum absolute atomic E-state index is 4.47. The molecule has 0 bridgehead atoms. The van der Waals surface area contributed by atoms with Gasteiger partial charge in [0.15, 0.2) is 5.82 Å². The van der Waals surface area contributed by atoms with Crippen molar-refractivity contribution in [2.75, 3.05) is 0 Å². The highest BCUT2D eigenvalue weighted by molar-refractivity contribution is 7.13. The minimum absolute atomic E-state index is 0.494. The van der Waals surface area contributed by atoms with E-state index in [0.29, 0.717) is 6.04 Å². The van der Waals surface area contributed by atoms with Crippen molar-refractivity contribution in [1.82, 2.24) is 9.55 Å². The van der Waals surface area contributed by atoms with E-state index in [4.69, 9.17) is 0 Å². The Balaban J connectivity index is 1.99. The number of nitrogens with zero attached hydrogens (tertiary/aromatic N) is 2. The lowest BCUT2D eigenvalue weighted by Gasteiger charge is -2.19. The van der Waals surface area contributed by atoms with Crippen LogP contribution in [-0.4, -0.2) is 9.55 Å². The highest BCUT2D eigenvalue weighted by Gasteiger charge is 2.15. The number of imidazole rings is 1. The molecule has 0 aromatic carbocycles. The number of rotatable bonds is 2. The molecule has 1 aliphatic rings. The molecule has 0 spiro atoms. The van der Waals surface area contributed by atoms with Gasteiger partial charge in [0.25, 0.3) is 0 Å². The number of allylic oxidation sites excluding steroid dienone is 2. The van der Waals surface area contributed by atoms with Crippen LogP contribution in [0.5, 0.6) is 0 Å². The molecular formula is C13H14N2S. The van der Waals surface area contributed by atoms with Gasteiger partial charge in [-0.15, -0.1) is 11.3 Å². The minimum Gasteiger partial charge on any atom is -0.323 e. The van der Waals surface area contributed by atoms with Crippen LogP contribution in [0.3, 0.4) is 0 Å². The van der Waals surface area contributed by atoms with Crippen molar-refractivity contribution in [1.29, 1.82) is 0 Å². The molecular weight excluding hydrogens is 216 g/mol. The van der Waals surface area contributed by atoms with Crippen LogP contribution in [-0.2, 0) is 0 Å². The van der Waals surface area contributed by atoms with Crippen LogP contribution < -0.4 is 0 Å². The van der Waals surface area contributed by atoms with E-state index >= 15 is 0 Å². The van der Waals surface area contributed by atoms with Gasteiger partial charge in [-0.2, -0.15) is 0 Å². The Morgan fingerprint density at radius 2 is 2.44 bits per heavy atom. The van der Waals surface area contributed by atoms with Gasteiger partial charge in [0, 0.05) is 12.4 Å². The summed E-state index contributed by atoms with van der Waals surface area (Å²) in [5, 5.41) is 2.10. The van der Waals surface area contributed by atoms with E-state index in [0.717, 1.165) is 5.82 Å². The van der Waals surface area contributed by atoms with Gasteiger partial charge in [-0.3, -0.25) is 0 Å². The van der Waals surface area contributed by atoms with Gasteiger partial charge in [-0.1, -0.05) is 18.2 Å². The van der Waals surface area contributed by atoms with Gasteiger partial charge in [0.2, 0.25) is 0 Å². The van der Waals surface area contributed by atoms with E-state index in [1.165, 1.54) is 24.1 Å². The molecule has 0 amide bonds. The normalized spacial score (nSPS) is 20.1. The Hall–Kier alpha value is -1.35. The smallest absolute Gasteiger partial charge is 0.150 e. The molecule has 0 aliphatic heterocycles. The Morgan fingerprint density at radius 1 is 1.44 bits per heavy atom. The zero-order valence-corrected chi connectivity index (χ0v) is 9.86. The second-order valence-electron chi connectivity index (χ2n) is 4.06. The van der Waals surface area contributed by atoms with Crippen molar-refractivity contribution >= 4 is 11.3 Å². The first kappa shape index (κ1) is 9.85. The fourth-order valence-corrected chi connectivity index (χ4v) is 2.93. The predicted molar refractivity (Wildman–Crippen MR) is 67.6 cm³/mol. The zero-order chi connectivity index (χ0) is 10.8. The maximum Gasteiger partial charge on any atom is 0.150 e. The molecule has 0 fully saturated rings. The van der Waals surface area contributed by atoms with Gasteiger partial charge in [-0.05, 0) is 30.7 Å². The molecule has 1 aliphatic carbocycles. The highest BCUT2D eigenvalue weighted by atomic mass is 32.1. The Bertz CT molecular complexity index is 482. The summed E-state index contributed by atoms with van der Waals surface area (Å²) < 4.78 is 2.29. The maximum atomic E-state index is 4.47. The summed E-state index contributed by atoms with van der Waals surface area (Å²) >= 11 is 1.75. The Kier molecular flexibility index (Phi) is 2.62. The lowest BCUT2D eigenvalue weighted by molar-refractivity contribution is 0.522. The van der Waals surface area contributed by atoms with Crippen LogP contribution in [0, 0.1) is 0 Å². The third kappa shape index (κ3) is 1.71. The largest absolute Gasteiger partial charge is 0.323 e. The monoisotopic (exact) mass is 230 g/mol. The molecule has 1 unspecified atom stereocenters. The molecule has 2 heterocycles. The summed E-state index contributed by atoms with van der Waals surface area (Å²) in [5.74, 6) is 1.10. The third-order valence-electron chi connectivity index (χ3n) is 3.00. The van der Waals surface area contributed by atoms with Crippen LogP contribution in [0.4, 0.5) is 0 Å². The van der Waals surface area contributed by atoms with Crippen LogP contribution in [0.1, 0.15) is 25.3 Å². The molecule has 1 atom stereocenters. The van der Waals surface area contributed by atoms with Crippen molar-refractivity contribution in [3.63, 3.8) is 0 Å². The van der Waals surface area contributed by atoms with Gasteiger partial charge in [-0.25, -0.2) is 4.98 Å². The Labute approximate surface area is 99.3 Å². The van der Waals surface area contributed by atoms with E-state index in [1.54, 1.807) is 11.3 Å². The molecule has 2 nitrogen and oxygen atoms in total. The molecule has 2 aromatic heterocycles. The molecule has 0 saturated carbocycles. The minimum atomic E-state index is 0.494. The molecule has 16 heavy (non-hydrogen) atoms. The molecule has 2 aromatic rings. The molecule has 0 N–H and O–H groups in total. The highest BCUT2D eigenvalue weighted by Crippen LogP contribution is 2.29. The van der Waals surface area contributed by atoms with Crippen LogP contribution in [0.15, 0.2) is 42.1 Å². The lowest BCUT2D eigenvalue weighted by Crippen LogP contribution is -2.09.